The maximum absolute atomic E-state index is 10.5. The number of rotatable bonds is 6. The summed E-state index contributed by atoms with van der Waals surface area (Å²) < 4.78 is 0. The molecule has 1 amide bonds. The number of carbonyl (C=O) groups excluding carboxylic acids is 1. The Morgan fingerprint density at radius 2 is 2.15 bits per heavy atom. The maximum Gasteiger partial charge on any atom is 0.321 e. The van der Waals surface area contributed by atoms with E-state index in [9.17, 15) is 9.59 Å². The predicted octanol–water partition coefficient (Wildman–Crippen LogP) is -1.02. The molecule has 0 rings (SSSR count). The first-order valence-electron chi connectivity index (χ1n) is 3.61. The third-order valence-electron chi connectivity index (χ3n) is 1.29. The third kappa shape index (κ3) is 5.68. The number of amides is 1. The third-order valence-corrected chi connectivity index (χ3v) is 1.29. The monoisotopic (exact) mass is 188 g/mol. The van der Waals surface area contributed by atoms with Crippen LogP contribution in [-0.4, -0.2) is 34.7 Å². The lowest BCUT2D eigenvalue weighted by Gasteiger charge is -2.09. The molecular formula is C7H12N2O4. The van der Waals surface area contributed by atoms with Gasteiger partial charge in [-0.1, -0.05) is 0 Å². The van der Waals surface area contributed by atoms with Gasteiger partial charge in [-0.25, -0.2) is 0 Å². The van der Waals surface area contributed by atoms with Gasteiger partial charge in [0.05, 0.1) is 12.7 Å². The molecule has 0 fully saturated rings. The summed E-state index contributed by atoms with van der Waals surface area (Å²) in [5.41, 5.74) is 4.83. The lowest BCUT2D eigenvalue weighted by atomic mass is 10.2. The average Bonchev–Trinajstić information content (AvgIpc) is 2.02. The molecule has 0 saturated heterocycles. The summed E-state index contributed by atoms with van der Waals surface area (Å²) in [6, 6.07) is -1.01. The minimum absolute atomic E-state index is 0.167. The molecule has 0 unspecified atom stereocenters. The molecule has 0 spiro atoms. The molecule has 74 valence electrons. The molecule has 0 heterocycles. The van der Waals surface area contributed by atoms with E-state index in [4.69, 9.17) is 15.9 Å². The molecule has 5 N–H and O–H groups in total. The number of hydrogen-bond donors (Lipinski definition) is 4. The summed E-state index contributed by atoms with van der Waals surface area (Å²) >= 11 is 0. The fourth-order valence-corrected chi connectivity index (χ4v) is 0.711. The highest BCUT2D eigenvalue weighted by Gasteiger charge is 2.17. The molecule has 6 nitrogen and oxygen atoms in total. The normalized spacial score (nSPS) is 12.9. The fourth-order valence-electron chi connectivity index (χ4n) is 0.711. The van der Waals surface area contributed by atoms with Crippen LogP contribution in [0, 0.1) is 0 Å². The molecule has 13 heavy (non-hydrogen) atoms. The predicted molar refractivity (Wildman–Crippen MR) is 45.0 cm³/mol. The van der Waals surface area contributed by atoms with Gasteiger partial charge in [-0.2, -0.15) is 0 Å². The van der Waals surface area contributed by atoms with E-state index in [0.717, 1.165) is 6.26 Å². The summed E-state index contributed by atoms with van der Waals surface area (Å²) in [5.74, 6) is -1.84. The maximum atomic E-state index is 10.5. The van der Waals surface area contributed by atoms with Crippen molar-refractivity contribution in [2.24, 2.45) is 5.73 Å². The zero-order chi connectivity index (χ0) is 10.3. The van der Waals surface area contributed by atoms with Crippen LogP contribution in [0.25, 0.3) is 0 Å². The highest BCUT2D eigenvalue weighted by atomic mass is 16.4. The first-order chi connectivity index (χ1) is 6.07. The second-order valence-electron chi connectivity index (χ2n) is 2.35. The Bertz CT molecular complexity index is 215. The zero-order valence-electron chi connectivity index (χ0n) is 6.93. The van der Waals surface area contributed by atoms with Crippen molar-refractivity contribution in [1.82, 2.24) is 5.32 Å². The Morgan fingerprint density at radius 1 is 1.54 bits per heavy atom. The van der Waals surface area contributed by atoms with Gasteiger partial charge in [-0.3, -0.25) is 9.59 Å². The molecule has 6 heteroatoms. The number of aliphatic carboxylic acids is 1. The standard InChI is InChI=1S/C7H12N2O4/c8-6(11)4-5(7(12)13)9-2-1-3-10/h1,3,5,9-10H,2,4H2,(H2,8,11)(H,12,13)/t5-/m0/s1. The van der Waals surface area contributed by atoms with Crippen molar-refractivity contribution in [2.75, 3.05) is 6.54 Å². The number of hydrogen-bond acceptors (Lipinski definition) is 4. The van der Waals surface area contributed by atoms with Gasteiger partial charge < -0.3 is 21.3 Å². The van der Waals surface area contributed by atoms with Crippen LogP contribution in [0.2, 0.25) is 0 Å². The summed E-state index contributed by atoms with van der Waals surface area (Å²) in [5, 5.41) is 19.3. The van der Waals surface area contributed by atoms with Gasteiger partial charge in [0.25, 0.3) is 0 Å². The second kappa shape index (κ2) is 6.01. The van der Waals surface area contributed by atoms with Gasteiger partial charge in [0, 0.05) is 6.54 Å². The van der Waals surface area contributed by atoms with E-state index in [1.54, 1.807) is 0 Å². The average molecular weight is 188 g/mol. The lowest BCUT2D eigenvalue weighted by Crippen LogP contribution is -2.40. The van der Waals surface area contributed by atoms with Crippen molar-refractivity contribution in [1.29, 1.82) is 0 Å². The van der Waals surface area contributed by atoms with Crippen molar-refractivity contribution in [2.45, 2.75) is 12.5 Å². The van der Waals surface area contributed by atoms with Gasteiger partial charge in [-0.05, 0) is 6.08 Å². The number of aliphatic hydroxyl groups excluding tert-OH is 1. The minimum Gasteiger partial charge on any atom is -0.516 e. The van der Waals surface area contributed by atoms with Crippen LogP contribution in [0.3, 0.4) is 0 Å². The van der Waals surface area contributed by atoms with Crippen molar-refractivity contribution in [3.8, 4) is 0 Å². The molecule has 0 aliphatic carbocycles. The second-order valence-corrected chi connectivity index (χ2v) is 2.35. The Hall–Kier alpha value is -1.56. The highest BCUT2D eigenvalue weighted by Crippen LogP contribution is 1.90. The molecular weight excluding hydrogens is 176 g/mol. The summed E-state index contributed by atoms with van der Waals surface area (Å²) in [6.07, 6.45) is 1.84. The number of nitrogens with one attached hydrogen (secondary N) is 1. The molecule has 0 aromatic rings. The molecule has 0 aromatic carbocycles. The van der Waals surface area contributed by atoms with Crippen LogP contribution in [-0.2, 0) is 9.59 Å². The van der Waals surface area contributed by atoms with E-state index in [1.807, 2.05) is 0 Å². The smallest absolute Gasteiger partial charge is 0.321 e. The summed E-state index contributed by atoms with van der Waals surface area (Å²) in [6.45, 7) is 0.167. The molecule has 1 atom stereocenters. The Labute approximate surface area is 75.0 Å². The van der Waals surface area contributed by atoms with Gasteiger partial charge >= 0.3 is 5.97 Å². The summed E-state index contributed by atoms with van der Waals surface area (Å²) in [4.78, 5) is 20.9. The van der Waals surface area contributed by atoms with Crippen molar-refractivity contribution in [3.05, 3.63) is 12.3 Å². The van der Waals surface area contributed by atoms with Crippen LogP contribution in [0.4, 0.5) is 0 Å². The number of carboxylic acid groups (broad SMARTS) is 1. The van der Waals surface area contributed by atoms with Crippen molar-refractivity contribution < 1.29 is 19.8 Å². The molecule has 0 radical (unpaired) electrons. The van der Waals surface area contributed by atoms with E-state index in [1.165, 1.54) is 6.08 Å². The molecule has 0 aromatic heterocycles. The molecule has 0 bridgehead atoms. The van der Waals surface area contributed by atoms with Crippen LogP contribution >= 0.6 is 0 Å². The van der Waals surface area contributed by atoms with Crippen LogP contribution < -0.4 is 11.1 Å². The van der Waals surface area contributed by atoms with Gasteiger partial charge in [0.1, 0.15) is 6.04 Å². The van der Waals surface area contributed by atoms with Crippen molar-refractivity contribution >= 4 is 11.9 Å². The molecule has 0 saturated carbocycles. The summed E-state index contributed by atoms with van der Waals surface area (Å²) in [7, 11) is 0. The van der Waals surface area contributed by atoms with E-state index in [-0.39, 0.29) is 13.0 Å². The van der Waals surface area contributed by atoms with Crippen LogP contribution in [0.5, 0.6) is 0 Å². The van der Waals surface area contributed by atoms with Crippen molar-refractivity contribution in [3.63, 3.8) is 0 Å². The number of carboxylic acids is 1. The fraction of sp³-hybridized carbons (Fsp3) is 0.429. The minimum atomic E-state index is -1.15. The Kier molecular flexibility index (Phi) is 5.29. The number of aliphatic hydroxyl groups is 1. The highest BCUT2D eigenvalue weighted by molar-refractivity contribution is 5.83. The van der Waals surface area contributed by atoms with Gasteiger partial charge in [0.2, 0.25) is 5.91 Å². The first kappa shape index (κ1) is 11.4. The quantitative estimate of drug-likeness (QED) is 0.398. The van der Waals surface area contributed by atoms with E-state index in [0.29, 0.717) is 0 Å². The number of primary amides is 1. The topological polar surface area (TPSA) is 113 Å². The Morgan fingerprint density at radius 3 is 2.54 bits per heavy atom. The van der Waals surface area contributed by atoms with Gasteiger partial charge in [-0.15, -0.1) is 0 Å². The Balaban J connectivity index is 3.95. The largest absolute Gasteiger partial charge is 0.516 e. The lowest BCUT2D eigenvalue weighted by molar-refractivity contribution is -0.141. The van der Waals surface area contributed by atoms with E-state index < -0.39 is 17.9 Å². The number of carbonyl (C=O) groups is 2. The zero-order valence-corrected chi connectivity index (χ0v) is 6.93. The van der Waals surface area contributed by atoms with E-state index >= 15 is 0 Å². The van der Waals surface area contributed by atoms with Gasteiger partial charge in [0.15, 0.2) is 0 Å². The van der Waals surface area contributed by atoms with Crippen LogP contribution in [0.15, 0.2) is 12.3 Å². The SMILES string of the molecule is NC(=O)C[C@H](NCC=CO)C(=O)O. The first-order valence-corrected chi connectivity index (χ1v) is 3.61. The van der Waals surface area contributed by atoms with E-state index in [2.05, 4.69) is 5.32 Å². The molecule has 0 aliphatic heterocycles. The van der Waals surface area contributed by atoms with Crippen LogP contribution in [0.1, 0.15) is 6.42 Å². The molecule has 0 aliphatic rings. The number of nitrogens with two attached hydrogens (primary N) is 1.